The van der Waals surface area contributed by atoms with E-state index in [1.54, 1.807) is 21.7 Å². The maximum absolute atomic E-state index is 13.2. The van der Waals surface area contributed by atoms with Crippen LogP contribution in [0.25, 0.3) is 5.52 Å². The molecule has 0 saturated carbocycles. The maximum Gasteiger partial charge on any atom is 0.287 e. The molecule has 4 heterocycles. The number of piperazine rings is 1. The van der Waals surface area contributed by atoms with E-state index in [-0.39, 0.29) is 23.7 Å². The number of rotatable bonds is 4. The lowest BCUT2D eigenvalue weighted by Gasteiger charge is -2.35. The van der Waals surface area contributed by atoms with Crippen LogP contribution in [0.15, 0.2) is 48.8 Å². The largest absolute Gasteiger partial charge is 0.353 e. The van der Waals surface area contributed by atoms with E-state index in [0.29, 0.717) is 37.4 Å². The van der Waals surface area contributed by atoms with Crippen molar-refractivity contribution < 1.29 is 9.59 Å². The molecule has 0 radical (unpaired) electrons. The van der Waals surface area contributed by atoms with Gasteiger partial charge in [0.15, 0.2) is 5.69 Å². The van der Waals surface area contributed by atoms with Gasteiger partial charge in [-0.05, 0) is 38.1 Å². The van der Waals surface area contributed by atoms with Crippen molar-refractivity contribution in [3.8, 4) is 0 Å². The van der Waals surface area contributed by atoms with Crippen LogP contribution >= 0.6 is 0 Å². The summed E-state index contributed by atoms with van der Waals surface area (Å²) in [5, 5.41) is 2.85. The van der Waals surface area contributed by atoms with Crippen molar-refractivity contribution in [1.29, 1.82) is 0 Å². The van der Waals surface area contributed by atoms with Crippen molar-refractivity contribution in [3.63, 3.8) is 0 Å². The van der Waals surface area contributed by atoms with E-state index in [1.807, 2.05) is 50.2 Å². The SMILES string of the molecule is CC(C)NC(=O)c1nc(C(=O)N2CCN(c3ccccn3)CC2)c2ccccn12. The number of hydrogen-bond donors (Lipinski definition) is 1. The molecule has 150 valence electrons. The van der Waals surface area contributed by atoms with E-state index >= 15 is 0 Å². The Balaban J connectivity index is 1.56. The highest BCUT2D eigenvalue weighted by Gasteiger charge is 2.28. The molecular formula is C21H24N6O2. The zero-order chi connectivity index (χ0) is 20.4. The van der Waals surface area contributed by atoms with Crippen molar-refractivity contribution in [1.82, 2.24) is 24.6 Å². The van der Waals surface area contributed by atoms with Gasteiger partial charge in [0.05, 0.1) is 5.52 Å². The number of pyridine rings is 2. The van der Waals surface area contributed by atoms with E-state index in [2.05, 4.69) is 20.2 Å². The van der Waals surface area contributed by atoms with Crippen LogP contribution in [0.5, 0.6) is 0 Å². The minimum Gasteiger partial charge on any atom is -0.353 e. The molecule has 8 heteroatoms. The first kappa shape index (κ1) is 18.9. The van der Waals surface area contributed by atoms with Gasteiger partial charge in [0.2, 0.25) is 5.82 Å². The minimum atomic E-state index is -0.291. The van der Waals surface area contributed by atoms with Gasteiger partial charge >= 0.3 is 0 Å². The zero-order valence-corrected chi connectivity index (χ0v) is 16.6. The molecule has 1 aliphatic rings. The number of amides is 2. The molecular weight excluding hydrogens is 368 g/mol. The second kappa shape index (κ2) is 7.90. The zero-order valence-electron chi connectivity index (χ0n) is 16.6. The highest BCUT2D eigenvalue weighted by molar-refractivity contribution is 6.02. The van der Waals surface area contributed by atoms with Crippen LogP contribution in [0.4, 0.5) is 5.82 Å². The van der Waals surface area contributed by atoms with Crippen LogP contribution in [-0.2, 0) is 0 Å². The molecule has 1 aliphatic heterocycles. The van der Waals surface area contributed by atoms with Crippen LogP contribution in [0.3, 0.4) is 0 Å². The minimum absolute atomic E-state index is 0.0163. The van der Waals surface area contributed by atoms with Gasteiger partial charge in [0.25, 0.3) is 11.8 Å². The quantitative estimate of drug-likeness (QED) is 0.732. The number of nitrogens with zero attached hydrogens (tertiary/aromatic N) is 5. The van der Waals surface area contributed by atoms with Gasteiger partial charge in [0, 0.05) is 44.6 Å². The number of fused-ring (bicyclic) bond motifs is 1. The summed E-state index contributed by atoms with van der Waals surface area (Å²) in [7, 11) is 0. The monoisotopic (exact) mass is 392 g/mol. The number of carbonyl (C=O) groups excluding carboxylic acids is 2. The third kappa shape index (κ3) is 3.78. The Morgan fingerprint density at radius 3 is 2.48 bits per heavy atom. The fourth-order valence-electron chi connectivity index (χ4n) is 3.51. The number of nitrogens with one attached hydrogen (secondary N) is 1. The number of aromatic nitrogens is 3. The van der Waals surface area contributed by atoms with Crippen molar-refractivity contribution in [2.75, 3.05) is 31.1 Å². The molecule has 0 aromatic carbocycles. The first-order valence-electron chi connectivity index (χ1n) is 9.78. The first-order valence-corrected chi connectivity index (χ1v) is 9.78. The molecule has 0 unspecified atom stereocenters. The summed E-state index contributed by atoms with van der Waals surface area (Å²) in [5.74, 6) is 0.697. The average Bonchev–Trinajstić information content (AvgIpc) is 3.13. The summed E-state index contributed by atoms with van der Waals surface area (Å²) in [5.41, 5.74) is 0.948. The fraction of sp³-hybridized carbons (Fsp3) is 0.333. The van der Waals surface area contributed by atoms with Crippen molar-refractivity contribution >= 4 is 23.1 Å². The molecule has 0 bridgehead atoms. The summed E-state index contributed by atoms with van der Waals surface area (Å²) in [6.07, 6.45) is 3.53. The van der Waals surface area contributed by atoms with Gasteiger partial charge in [-0.25, -0.2) is 9.97 Å². The molecule has 0 atom stereocenters. The molecule has 0 spiro atoms. The van der Waals surface area contributed by atoms with E-state index in [4.69, 9.17) is 0 Å². The maximum atomic E-state index is 13.2. The number of imidazole rings is 1. The van der Waals surface area contributed by atoms with Gasteiger partial charge in [-0.15, -0.1) is 0 Å². The Hall–Kier alpha value is -3.42. The van der Waals surface area contributed by atoms with Gasteiger partial charge in [-0.3, -0.25) is 14.0 Å². The smallest absolute Gasteiger partial charge is 0.287 e. The van der Waals surface area contributed by atoms with E-state index in [0.717, 1.165) is 5.82 Å². The molecule has 2 amide bonds. The summed E-state index contributed by atoms with van der Waals surface area (Å²) >= 11 is 0. The Morgan fingerprint density at radius 1 is 1.03 bits per heavy atom. The summed E-state index contributed by atoms with van der Waals surface area (Å²) in [4.78, 5) is 38.5. The van der Waals surface area contributed by atoms with Gasteiger partial charge in [-0.2, -0.15) is 0 Å². The van der Waals surface area contributed by atoms with Crippen LogP contribution in [0.1, 0.15) is 35.0 Å². The third-order valence-electron chi connectivity index (χ3n) is 4.91. The Morgan fingerprint density at radius 2 is 1.79 bits per heavy atom. The standard InChI is InChI=1S/C21H24N6O2/c1-15(2)23-20(28)19-24-18(16-7-4-6-10-27(16)19)21(29)26-13-11-25(12-14-26)17-8-3-5-9-22-17/h3-10,15H,11-14H2,1-2H3,(H,23,28). The lowest BCUT2D eigenvalue weighted by Crippen LogP contribution is -2.49. The molecule has 4 rings (SSSR count). The van der Waals surface area contributed by atoms with E-state index in [1.165, 1.54) is 0 Å². The topological polar surface area (TPSA) is 82.8 Å². The molecule has 0 aliphatic carbocycles. The molecule has 3 aromatic rings. The summed E-state index contributed by atoms with van der Waals surface area (Å²) in [6.45, 7) is 6.34. The molecule has 3 aromatic heterocycles. The van der Waals surface area contributed by atoms with Crippen LogP contribution in [0.2, 0.25) is 0 Å². The second-order valence-corrected chi connectivity index (χ2v) is 7.34. The fourth-order valence-corrected chi connectivity index (χ4v) is 3.51. The number of anilines is 1. The predicted molar refractivity (Wildman–Crippen MR) is 110 cm³/mol. The van der Waals surface area contributed by atoms with Gasteiger partial charge in [0.1, 0.15) is 5.82 Å². The molecule has 1 N–H and O–H groups in total. The van der Waals surface area contributed by atoms with Crippen molar-refractivity contribution in [2.24, 2.45) is 0 Å². The number of hydrogen-bond acceptors (Lipinski definition) is 5. The summed E-state index contributed by atoms with van der Waals surface area (Å²) < 4.78 is 1.68. The highest BCUT2D eigenvalue weighted by atomic mass is 16.2. The molecule has 29 heavy (non-hydrogen) atoms. The Kier molecular flexibility index (Phi) is 5.16. The lowest BCUT2D eigenvalue weighted by molar-refractivity contribution is 0.0743. The van der Waals surface area contributed by atoms with Gasteiger partial charge in [-0.1, -0.05) is 12.1 Å². The van der Waals surface area contributed by atoms with E-state index in [9.17, 15) is 9.59 Å². The van der Waals surface area contributed by atoms with E-state index < -0.39 is 0 Å². The number of carbonyl (C=O) groups is 2. The highest BCUT2D eigenvalue weighted by Crippen LogP contribution is 2.18. The van der Waals surface area contributed by atoms with Gasteiger partial charge < -0.3 is 15.1 Å². The first-order chi connectivity index (χ1) is 14.0. The normalized spacial score (nSPS) is 14.4. The van der Waals surface area contributed by atoms with Crippen LogP contribution in [-0.4, -0.2) is 63.3 Å². The Labute approximate surface area is 169 Å². The van der Waals surface area contributed by atoms with Crippen LogP contribution in [0, 0.1) is 0 Å². The average molecular weight is 392 g/mol. The molecule has 1 fully saturated rings. The van der Waals surface area contributed by atoms with Crippen molar-refractivity contribution in [2.45, 2.75) is 19.9 Å². The summed E-state index contributed by atoms with van der Waals surface area (Å²) in [6, 6.07) is 11.3. The molecule has 8 nitrogen and oxygen atoms in total. The second-order valence-electron chi connectivity index (χ2n) is 7.34. The van der Waals surface area contributed by atoms with Crippen LogP contribution < -0.4 is 10.2 Å². The molecule has 1 saturated heterocycles. The third-order valence-corrected chi connectivity index (χ3v) is 4.91. The predicted octanol–water partition coefficient (Wildman–Crippen LogP) is 1.83. The van der Waals surface area contributed by atoms with Crippen molar-refractivity contribution in [3.05, 3.63) is 60.3 Å². The lowest BCUT2D eigenvalue weighted by atomic mass is 10.2. The Bertz CT molecular complexity index is 1020.